The molecule has 0 bridgehead atoms. The van der Waals surface area contributed by atoms with Crippen molar-refractivity contribution in [3.05, 3.63) is 58.1 Å². The smallest absolute Gasteiger partial charge is 0.264 e. The van der Waals surface area contributed by atoms with Crippen LogP contribution in [0.4, 0.5) is 15.5 Å². The van der Waals surface area contributed by atoms with Gasteiger partial charge in [0.15, 0.2) is 5.60 Å². The molecule has 5 rings (SSSR count). The first-order valence-electron chi connectivity index (χ1n) is 13.1. The molecule has 37 heavy (non-hydrogen) atoms. The summed E-state index contributed by atoms with van der Waals surface area (Å²) in [6.07, 6.45) is 2.28. The van der Waals surface area contributed by atoms with E-state index in [0.29, 0.717) is 19.4 Å². The van der Waals surface area contributed by atoms with Crippen molar-refractivity contribution in [1.82, 2.24) is 0 Å². The molecule has 2 aromatic carbocycles. The molecule has 0 aromatic heterocycles. The van der Waals surface area contributed by atoms with E-state index >= 15 is 4.11 Å². The first-order chi connectivity index (χ1) is 17.6. The average Bonchev–Trinajstić information content (AvgIpc) is 3.27. The number of piperidine rings is 1. The molecule has 0 radical (unpaired) electrons. The normalized spacial score (nSPS) is 27.9. The summed E-state index contributed by atoms with van der Waals surface area (Å²) in [7, 11) is -3.22. The highest BCUT2D eigenvalue weighted by atomic mass is 79.9. The van der Waals surface area contributed by atoms with Gasteiger partial charge in [-0.05, 0) is 68.3 Å². The van der Waals surface area contributed by atoms with Crippen LogP contribution in [0.15, 0.2) is 46.9 Å². The maximum Gasteiger partial charge on any atom is 0.264 e. The largest absolute Gasteiger partial charge is 0.396 e. The maximum absolute atomic E-state index is 15.6. The van der Waals surface area contributed by atoms with Gasteiger partial charge < -0.3 is 23.8 Å². The van der Waals surface area contributed by atoms with Crippen LogP contribution in [0.3, 0.4) is 0 Å². The van der Waals surface area contributed by atoms with Crippen molar-refractivity contribution >= 4 is 47.5 Å². The lowest BCUT2D eigenvalue weighted by Crippen LogP contribution is -2.45. The van der Waals surface area contributed by atoms with Crippen LogP contribution in [0.25, 0.3) is 0 Å². The number of benzene rings is 2. The number of aliphatic hydroxyl groups is 1. The van der Waals surface area contributed by atoms with Crippen molar-refractivity contribution in [1.29, 1.82) is 0 Å². The molecule has 3 aliphatic rings. The zero-order valence-electron chi connectivity index (χ0n) is 21.5. The third kappa shape index (κ3) is 4.47. The van der Waals surface area contributed by atoms with Gasteiger partial charge in [-0.25, -0.2) is 0 Å². The average molecular weight is 590 g/mol. The molecule has 2 saturated heterocycles. The number of nitrogens with zero attached hydrogens (tertiary/aromatic N) is 2. The van der Waals surface area contributed by atoms with Crippen LogP contribution in [0.5, 0.6) is 0 Å². The molecular weight excluding hydrogens is 555 g/mol. The van der Waals surface area contributed by atoms with E-state index in [1.54, 1.807) is 18.0 Å². The van der Waals surface area contributed by atoms with E-state index in [4.69, 9.17) is 4.74 Å². The molecule has 9 heteroatoms. The Morgan fingerprint density at radius 2 is 1.89 bits per heavy atom. The van der Waals surface area contributed by atoms with Crippen LogP contribution in [0.1, 0.15) is 43.7 Å². The third-order valence-electron chi connectivity index (χ3n) is 8.25. The van der Waals surface area contributed by atoms with E-state index < -0.39 is 25.7 Å². The van der Waals surface area contributed by atoms with Gasteiger partial charge >= 0.3 is 0 Å². The van der Waals surface area contributed by atoms with Gasteiger partial charge in [-0.2, -0.15) is 0 Å². The number of halogens is 2. The lowest BCUT2D eigenvalue weighted by molar-refractivity contribution is -0.146. The van der Waals surface area contributed by atoms with E-state index in [-0.39, 0.29) is 24.3 Å². The number of hydrogen-bond acceptors (Lipinski definition) is 4. The van der Waals surface area contributed by atoms with Gasteiger partial charge in [0, 0.05) is 46.8 Å². The second kappa shape index (κ2) is 9.91. The molecule has 0 unspecified atom stereocenters. The number of ether oxygens (including phenoxy) is 1. The topological polar surface area (TPSA) is 70.1 Å². The molecule has 6 nitrogen and oxygen atoms in total. The summed E-state index contributed by atoms with van der Waals surface area (Å²) < 4.78 is 23.0. The van der Waals surface area contributed by atoms with Crippen molar-refractivity contribution in [2.75, 3.05) is 23.0 Å². The van der Waals surface area contributed by atoms with Gasteiger partial charge in [0.25, 0.3) is 5.91 Å². The SMILES string of the molecule is C[C@H]1[C@H]([Si](C)(C)F)[C@@H](CCO)O[C@]12C(=O)N(Cc1ccc(N3CCCCC3=O)cc1)c1ccc(Br)cc12. The quantitative estimate of drug-likeness (QED) is 0.348. The summed E-state index contributed by atoms with van der Waals surface area (Å²) in [6, 6.07) is 13.5. The Balaban J connectivity index is 1.49. The molecule has 1 spiro atoms. The van der Waals surface area contributed by atoms with Crippen molar-refractivity contribution in [3.63, 3.8) is 0 Å². The maximum atomic E-state index is 15.6. The second-order valence-corrected chi connectivity index (χ2v) is 15.7. The minimum atomic E-state index is -3.22. The second-order valence-electron chi connectivity index (χ2n) is 11.0. The minimum absolute atomic E-state index is 0.121. The monoisotopic (exact) mass is 588 g/mol. The summed E-state index contributed by atoms with van der Waals surface area (Å²) in [5.74, 6) is -0.422. The summed E-state index contributed by atoms with van der Waals surface area (Å²) >= 11 is 3.55. The highest BCUT2D eigenvalue weighted by Gasteiger charge is 2.66. The first-order valence-corrected chi connectivity index (χ1v) is 16.8. The van der Waals surface area contributed by atoms with Gasteiger partial charge in [-0.15, -0.1) is 0 Å². The van der Waals surface area contributed by atoms with Crippen LogP contribution in [-0.2, 0) is 26.5 Å². The van der Waals surface area contributed by atoms with E-state index in [1.807, 2.05) is 54.3 Å². The molecule has 3 heterocycles. The van der Waals surface area contributed by atoms with Crippen LogP contribution in [0.2, 0.25) is 18.6 Å². The lowest BCUT2D eigenvalue weighted by atomic mass is 9.82. The zero-order valence-corrected chi connectivity index (χ0v) is 24.1. The number of carbonyl (C=O) groups is 2. The fraction of sp³-hybridized carbons (Fsp3) is 0.500. The van der Waals surface area contributed by atoms with Gasteiger partial charge in [-0.3, -0.25) is 9.59 Å². The number of anilines is 2. The van der Waals surface area contributed by atoms with Gasteiger partial charge in [-0.1, -0.05) is 35.0 Å². The number of carbonyl (C=O) groups excluding carboxylic acids is 2. The summed E-state index contributed by atoms with van der Waals surface area (Å²) in [5.41, 5.74) is 1.61. The number of hydrogen-bond donors (Lipinski definition) is 1. The Labute approximate surface area is 227 Å². The van der Waals surface area contributed by atoms with Crippen LogP contribution < -0.4 is 9.80 Å². The Hall–Kier alpha value is -2.07. The van der Waals surface area contributed by atoms with Crippen LogP contribution in [-0.4, -0.2) is 44.6 Å². The van der Waals surface area contributed by atoms with E-state index in [2.05, 4.69) is 15.9 Å². The highest BCUT2D eigenvalue weighted by molar-refractivity contribution is 9.10. The molecule has 2 fully saturated rings. The van der Waals surface area contributed by atoms with E-state index in [9.17, 15) is 14.7 Å². The molecule has 4 atom stereocenters. The summed E-state index contributed by atoms with van der Waals surface area (Å²) in [6.45, 7) is 6.19. The Kier molecular flexibility index (Phi) is 7.11. The van der Waals surface area contributed by atoms with E-state index in [0.717, 1.165) is 46.4 Å². The molecule has 3 aliphatic heterocycles. The van der Waals surface area contributed by atoms with Crippen molar-refractivity contribution in [3.8, 4) is 0 Å². The van der Waals surface area contributed by atoms with Gasteiger partial charge in [0.2, 0.25) is 14.3 Å². The fourth-order valence-electron chi connectivity index (χ4n) is 6.62. The van der Waals surface area contributed by atoms with Crippen molar-refractivity contribution in [2.45, 2.75) is 69.5 Å². The lowest BCUT2D eigenvalue weighted by Gasteiger charge is -2.31. The van der Waals surface area contributed by atoms with Gasteiger partial charge in [0.05, 0.1) is 18.3 Å². The molecule has 1 N–H and O–H groups in total. The predicted molar refractivity (Wildman–Crippen MR) is 148 cm³/mol. The molecule has 198 valence electrons. The van der Waals surface area contributed by atoms with E-state index in [1.165, 1.54) is 0 Å². The predicted octanol–water partition coefficient (Wildman–Crippen LogP) is 5.67. The number of rotatable bonds is 6. The molecule has 0 saturated carbocycles. The zero-order chi connectivity index (χ0) is 26.5. The van der Waals surface area contributed by atoms with Crippen molar-refractivity contribution < 1.29 is 23.5 Å². The van der Waals surface area contributed by atoms with Crippen molar-refractivity contribution in [2.24, 2.45) is 5.92 Å². The summed E-state index contributed by atoms with van der Waals surface area (Å²) in [4.78, 5) is 30.1. The number of amides is 2. The Bertz CT molecular complexity index is 1200. The Morgan fingerprint density at radius 3 is 2.54 bits per heavy atom. The molecule has 2 aromatic rings. The number of fused-ring (bicyclic) bond motifs is 2. The van der Waals surface area contributed by atoms with Gasteiger partial charge in [0.1, 0.15) is 0 Å². The minimum Gasteiger partial charge on any atom is -0.396 e. The Morgan fingerprint density at radius 1 is 1.16 bits per heavy atom. The molecular formula is C28H34BrFN2O4Si. The van der Waals surface area contributed by atoms with Crippen LogP contribution >= 0.6 is 15.9 Å². The van der Waals surface area contributed by atoms with Crippen LogP contribution in [0, 0.1) is 5.92 Å². The third-order valence-corrected chi connectivity index (χ3v) is 11.2. The highest BCUT2D eigenvalue weighted by Crippen LogP contribution is 2.60. The first kappa shape index (κ1) is 26.5. The summed E-state index contributed by atoms with van der Waals surface area (Å²) in [5, 5.41) is 9.70. The fourth-order valence-corrected chi connectivity index (χ4v) is 9.52. The molecule has 0 aliphatic carbocycles. The molecule has 2 amide bonds. The standard InChI is InChI=1S/C28H34BrFN2O4Si/c1-18-26(37(2,3)30)24(13-15-33)36-28(18)22-16-20(29)9-12-23(22)32(27(28)35)17-19-7-10-21(11-8-19)31-14-5-4-6-25(31)34/h7-12,16,18,24,26,33H,4-6,13-15,17H2,1-3H3/t18-,24+,26-,28+/m0/s1. The number of aliphatic hydroxyl groups excluding tert-OH is 1.